The molecule has 0 aromatic heterocycles. The van der Waals surface area contributed by atoms with Crippen LogP contribution in [0.2, 0.25) is 0 Å². The molecule has 0 unspecified atom stereocenters. The standard InChI is InChI=1S/C23H27NO12/c1-10(25)33-19-17(14-6-7-15-16(8-14)32-9-31-15)18(24-23(29)30-5)20(34-11(2)26)22(36-13(4)28)21(19)35-12(3)27/h6-8,17-22H,9H2,1-5H3,(H,24,29)/t17-,18-,19-,20-,21-,22+/m1/s1. The van der Waals surface area contributed by atoms with Crippen molar-refractivity contribution < 1.29 is 57.1 Å². The minimum atomic E-state index is -1.45. The van der Waals surface area contributed by atoms with E-state index in [0.29, 0.717) is 17.1 Å². The van der Waals surface area contributed by atoms with E-state index in [1.165, 1.54) is 0 Å². The topological polar surface area (TPSA) is 162 Å². The Hall–Kier alpha value is -4.03. The van der Waals surface area contributed by atoms with Gasteiger partial charge in [-0.15, -0.1) is 0 Å². The number of esters is 4. The molecule has 3 rings (SSSR count). The number of methoxy groups -OCH3 is 1. The Morgan fingerprint density at radius 1 is 0.750 bits per heavy atom. The van der Waals surface area contributed by atoms with E-state index in [1.54, 1.807) is 18.2 Å². The van der Waals surface area contributed by atoms with E-state index in [-0.39, 0.29) is 6.79 Å². The summed E-state index contributed by atoms with van der Waals surface area (Å²) in [6.45, 7) is 4.47. The van der Waals surface area contributed by atoms with E-state index in [4.69, 9.17) is 33.2 Å². The van der Waals surface area contributed by atoms with Crippen molar-refractivity contribution in [3.63, 3.8) is 0 Å². The number of carbonyl (C=O) groups is 5. The zero-order chi connectivity index (χ0) is 26.6. The molecule has 1 amide bonds. The second kappa shape index (κ2) is 11.1. The number of carbonyl (C=O) groups excluding carboxylic acids is 5. The van der Waals surface area contributed by atoms with E-state index in [0.717, 1.165) is 34.8 Å². The molecule has 1 aromatic carbocycles. The number of fused-ring (bicyclic) bond motifs is 1. The van der Waals surface area contributed by atoms with Gasteiger partial charge < -0.3 is 38.5 Å². The first-order valence-electron chi connectivity index (χ1n) is 10.9. The molecule has 0 spiro atoms. The summed E-state index contributed by atoms with van der Waals surface area (Å²) in [5, 5.41) is 2.59. The zero-order valence-corrected chi connectivity index (χ0v) is 20.3. The molecule has 2 aliphatic rings. The van der Waals surface area contributed by atoms with Crippen LogP contribution >= 0.6 is 0 Å². The summed E-state index contributed by atoms with van der Waals surface area (Å²) >= 11 is 0. The number of amides is 1. The van der Waals surface area contributed by atoms with Crippen molar-refractivity contribution in [1.82, 2.24) is 5.32 Å². The lowest BCUT2D eigenvalue weighted by atomic mass is 9.72. The lowest BCUT2D eigenvalue weighted by Crippen LogP contribution is -2.68. The molecule has 1 saturated carbocycles. The van der Waals surface area contributed by atoms with Crippen molar-refractivity contribution in [3.8, 4) is 11.5 Å². The second-order valence-electron chi connectivity index (χ2n) is 8.10. The van der Waals surface area contributed by atoms with E-state index in [9.17, 15) is 24.0 Å². The van der Waals surface area contributed by atoms with Crippen LogP contribution in [0.1, 0.15) is 39.2 Å². The van der Waals surface area contributed by atoms with Crippen molar-refractivity contribution in [2.24, 2.45) is 0 Å². The van der Waals surface area contributed by atoms with Gasteiger partial charge in [-0.05, 0) is 17.7 Å². The summed E-state index contributed by atoms with van der Waals surface area (Å²) in [5.74, 6) is -3.25. The van der Waals surface area contributed by atoms with Crippen LogP contribution in [0.3, 0.4) is 0 Å². The van der Waals surface area contributed by atoms with Gasteiger partial charge in [0.05, 0.1) is 13.2 Å². The molecular weight excluding hydrogens is 482 g/mol. The van der Waals surface area contributed by atoms with E-state index < -0.39 is 66.3 Å². The number of benzene rings is 1. The van der Waals surface area contributed by atoms with Gasteiger partial charge in [0.1, 0.15) is 0 Å². The van der Waals surface area contributed by atoms with Crippen molar-refractivity contribution in [2.75, 3.05) is 13.9 Å². The van der Waals surface area contributed by atoms with Gasteiger partial charge >= 0.3 is 30.0 Å². The molecular formula is C23H27NO12. The van der Waals surface area contributed by atoms with Crippen LogP contribution in [0.25, 0.3) is 0 Å². The molecule has 1 heterocycles. The van der Waals surface area contributed by atoms with Crippen LogP contribution < -0.4 is 14.8 Å². The Kier molecular flexibility index (Phi) is 8.22. The second-order valence-corrected chi connectivity index (χ2v) is 8.10. The molecule has 1 aromatic rings. The van der Waals surface area contributed by atoms with Crippen LogP contribution in [0.15, 0.2) is 18.2 Å². The van der Waals surface area contributed by atoms with Gasteiger partial charge in [0.15, 0.2) is 35.9 Å². The highest BCUT2D eigenvalue weighted by atomic mass is 16.7. The zero-order valence-electron chi connectivity index (χ0n) is 20.3. The number of ether oxygens (including phenoxy) is 7. The molecule has 1 fully saturated rings. The molecule has 1 aliphatic carbocycles. The largest absolute Gasteiger partial charge is 0.458 e. The van der Waals surface area contributed by atoms with Gasteiger partial charge in [-0.25, -0.2) is 4.79 Å². The average Bonchev–Trinajstić information content (AvgIpc) is 3.25. The summed E-state index contributed by atoms with van der Waals surface area (Å²) in [7, 11) is 1.13. The van der Waals surface area contributed by atoms with E-state index in [1.807, 2.05) is 0 Å². The van der Waals surface area contributed by atoms with Crippen LogP contribution in [0.5, 0.6) is 11.5 Å². The Bertz CT molecular complexity index is 1040. The fourth-order valence-corrected chi connectivity index (χ4v) is 4.39. The van der Waals surface area contributed by atoms with Crippen LogP contribution in [0, 0.1) is 0 Å². The maximum atomic E-state index is 12.4. The Morgan fingerprint density at radius 3 is 1.81 bits per heavy atom. The summed E-state index contributed by atoms with van der Waals surface area (Å²) in [4.78, 5) is 60.7. The summed E-state index contributed by atoms with van der Waals surface area (Å²) in [6.07, 6.45) is -6.45. The fraction of sp³-hybridized carbons (Fsp3) is 0.522. The number of nitrogens with one attached hydrogen (secondary N) is 1. The first-order chi connectivity index (χ1) is 17.0. The first kappa shape index (κ1) is 26.6. The lowest BCUT2D eigenvalue weighted by molar-refractivity contribution is -0.217. The number of hydrogen-bond donors (Lipinski definition) is 1. The number of alkyl carbamates (subject to hydrolysis) is 1. The summed E-state index contributed by atoms with van der Waals surface area (Å²) < 4.78 is 37.5. The normalized spacial score (nSPS) is 26.2. The molecule has 0 radical (unpaired) electrons. The third-order valence-corrected chi connectivity index (χ3v) is 5.53. The molecule has 6 atom stereocenters. The molecule has 1 aliphatic heterocycles. The summed E-state index contributed by atoms with van der Waals surface area (Å²) in [5.41, 5.74) is 0.447. The third-order valence-electron chi connectivity index (χ3n) is 5.53. The monoisotopic (exact) mass is 509 g/mol. The maximum absolute atomic E-state index is 12.4. The highest BCUT2D eigenvalue weighted by Crippen LogP contribution is 2.43. The molecule has 13 heteroatoms. The van der Waals surface area contributed by atoms with Gasteiger partial charge in [0, 0.05) is 33.6 Å². The molecule has 196 valence electrons. The Morgan fingerprint density at radius 2 is 1.25 bits per heavy atom. The lowest BCUT2D eigenvalue weighted by Gasteiger charge is -2.48. The Balaban J connectivity index is 2.24. The average molecular weight is 509 g/mol. The van der Waals surface area contributed by atoms with Crippen molar-refractivity contribution in [1.29, 1.82) is 0 Å². The van der Waals surface area contributed by atoms with Gasteiger partial charge in [-0.3, -0.25) is 19.2 Å². The first-order valence-corrected chi connectivity index (χ1v) is 10.9. The molecule has 13 nitrogen and oxygen atoms in total. The van der Waals surface area contributed by atoms with E-state index in [2.05, 4.69) is 5.32 Å². The predicted molar refractivity (Wildman–Crippen MR) is 117 cm³/mol. The molecule has 0 saturated heterocycles. The van der Waals surface area contributed by atoms with Gasteiger partial charge in [0.25, 0.3) is 0 Å². The highest BCUT2D eigenvalue weighted by Gasteiger charge is 2.58. The Labute approximate surface area is 206 Å². The minimum absolute atomic E-state index is 0.0126. The van der Waals surface area contributed by atoms with Gasteiger partial charge in [-0.1, -0.05) is 6.07 Å². The van der Waals surface area contributed by atoms with Crippen LogP contribution in [0.4, 0.5) is 4.79 Å². The molecule has 0 bridgehead atoms. The number of hydrogen-bond acceptors (Lipinski definition) is 12. The van der Waals surface area contributed by atoms with Crippen molar-refractivity contribution >= 4 is 30.0 Å². The quantitative estimate of drug-likeness (QED) is 0.428. The van der Waals surface area contributed by atoms with Crippen LogP contribution in [-0.2, 0) is 42.9 Å². The SMILES string of the molecule is COC(=O)N[C@H]1[C@@H](OC(C)=O)[C@H](OC(C)=O)[C@H](OC(C)=O)[C@H](OC(C)=O)[C@@H]1c1ccc2c(c1)OCO2. The molecule has 1 N–H and O–H groups in total. The van der Waals surface area contributed by atoms with E-state index >= 15 is 0 Å². The van der Waals surface area contributed by atoms with Crippen LogP contribution in [-0.4, -0.2) is 74.3 Å². The predicted octanol–water partition coefficient (Wildman–Crippen LogP) is 0.964. The summed E-state index contributed by atoms with van der Waals surface area (Å²) in [6, 6.07) is 3.65. The smallest absolute Gasteiger partial charge is 0.407 e. The maximum Gasteiger partial charge on any atom is 0.407 e. The fourth-order valence-electron chi connectivity index (χ4n) is 4.39. The van der Waals surface area contributed by atoms with Crippen molar-refractivity contribution in [2.45, 2.75) is 64.1 Å². The van der Waals surface area contributed by atoms with Gasteiger partial charge in [-0.2, -0.15) is 0 Å². The van der Waals surface area contributed by atoms with Crippen molar-refractivity contribution in [3.05, 3.63) is 23.8 Å². The number of rotatable bonds is 6. The molecule has 36 heavy (non-hydrogen) atoms. The minimum Gasteiger partial charge on any atom is -0.458 e. The van der Waals surface area contributed by atoms with Gasteiger partial charge in [0.2, 0.25) is 6.79 Å². The third kappa shape index (κ3) is 5.96. The highest BCUT2D eigenvalue weighted by molar-refractivity contribution is 5.71.